The van der Waals surface area contributed by atoms with Gasteiger partial charge in [0.2, 0.25) is 5.91 Å². The van der Waals surface area contributed by atoms with Gasteiger partial charge in [-0.05, 0) is 53.6 Å². The van der Waals surface area contributed by atoms with Crippen molar-refractivity contribution in [3.63, 3.8) is 0 Å². The molecule has 4 aromatic rings. The first-order valence-electron chi connectivity index (χ1n) is 12.7. The molecule has 0 bridgehead atoms. The van der Waals surface area contributed by atoms with E-state index < -0.39 is 17.8 Å². The standard InChI is InChI=1S/C32H31FN2O5/c1-38-26-16-14-25(15-17-26)34-32(37)31(23-13-18-28(39-2)29(20-23)40-3)35(21-24-11-7-8-12-27(24)33)30(36)19-22-9-5-4-6-10-22/h4-18,20,31H,19,21H2,1-3H3,(H,34,37). The number of nitrogens with zero attached hydrogens (tertiary/aromatic N) is 1. The van der Waals surface area contributed by atoms with Crippen LogP contribution in [0.3, 0.4) is 0 Å². The second kappa shape index (κ2) is 13.3. The van der Waals surface area contributed by atoms with Gasteiger partial charge in [-0.2, -0.15) is 0 Å². The molecule has 0 heterocycles. The minimum atomic E-state index is -1.13. The summed E-state index contributed by atoms with van der Waals surface area (Å²) in [4.78, 5) is 29.3. The number of anilines is 1. The lowest BCUT2D eigenvalue weighted by Crippen LogP contribution is -2.41. The van der Waals surface area contributed by atoms with Gasteiger partial charge in [0.15, 0.2) is 11.5 Å². The first kappa shape index (κ1) is 28.2. The van der Waals surface area contributed by atoms with Crippen LogP contribution in [0.25, 0.3) is 0 Å². The highest BCUT2D eigenvalue weighted by Crippen LogP contribution is 2.34. The van der Waals surface area contributed by atoms with Gasteiger partial charge in [-0.1, -0.05) is 54.6 Å². The van der Waals surface area contributed by atoms with Crippen LogP contribution in [0.4, 0.5) is 10.1 Å². The highest BCUT2D eigenvalue weighted by molar-refractivity contribution is 5.98. The molecule has 0 saturated heterocycles. The smallest absolute Gasteiger partial charge is 0.251 e. The van der Waals surface area contributed by atoms with E-state index >= 15 is 0 Å². The molecule has 1 unspecified atom stereocenters. The summed E-state index contributed by atoms with van der Waals surface area (Å²) >= 11 is 0. The number of halogens is 1. The van der Waals surface area contributed by atoms with Crippen molar-refractivity contribution >= 4 is 17.5 Å². The molecule has 8 heteroatoms. The Kier molecular flexibility index (Phi) is 9.35. The van der Waals surface area contributed by atoms with Crippen LogP contribution in [-0.4, -0.2) is 38.0 Å². The fourth-order valence-corrected chi connectivity index (χ4v) is 4.39. The Bertz CT molecular complexity index is 1440. The zero-order chi connectivity index (χ0) is 28.5. The molecule has 40 heavy (non-hydrogen) atoms. The van der Waals surface area contributed by atoms with Crippen molar-refractivity contribution in [3.05, 3.63) is 120 Å². The van der Waals surface area contributed by atoms with Gasteiger partial charge in [0, 0.05) is 17.8 Å². The number of benzene rings is 4. The van der Waals surface area contributed by atoms with Crippen molar-refractivity contribution < 1.29 is 28.2 Å². The highest BCUT2D eigenvalue weighted by atomic mass is 19.1. The van der Waals surface area contributed by atoms with E-state index in [9.17, 15) is 14.0 Å². The molecule has 7 nitrogen and oxygen atoms in total. The molecule has 4 rings (SSSR count). The maximum atomic E-state index is 14.9. The normalized spacial score (nSPS) is 11.3. The second-order valence-electron chi connectivity index (χ2n) is 9.01. The third-order valence-corrected chi connectivity index (χ3v) is 6.46. The number of amides is 2. The summed E-state index contributed by atoms with van der Waals surface area (Å²) in [5.41, 5.74) is 2.04. The molecule has 0 aliphatic heterocycles. The number of carbonyl (C=O) groups excluding carboxylic acids is 2. The summed E-state index contributed by atoms with van der Waals surface area (Å²) in [6.45, 7) is -0.132. The number of methoxy groups -OCH3 is 3. The quantitative estimate of drug-likeness (QED) is 0.259. The lowest BCUT2D eigenvalue weighted by atomic mass is 10.0. The van der Waals surface area contributed by atoms with Crippen molar-refractivity contribution in [3.8, 4) is 17.2 Å². The van der Waals surface area contributed by atoms with E-state index in [1.54, 1.807) is 67.8 Å². The predicted octanol–water partition coefficient (Wildman–Crippen LogP) is 5.80. The van der Waals surface area contributed by atoms with E-state index in [1.165, 1.54) is 25.2 Å². The van der Waals surface area contributed by atoms with Gasteiger partial charge in [-0.15, -0.1) is 0 Å². The molecular formula is C32H31FN2O5. The molecule has 0 radical (unpaired) electrons. The van der Waals surface area contributed by atoms with Crippen LogP contribution in [-0.2, 0) is 22.6 Å². The largest absolute Gasteiger partial charge is 0.497 e. The van der Waals surface area contributed by atoms with Gasteiger partial charge in [0.1, 0.15) is 17.6 Å². The summed E-state index contributed by atoms with van der Waals surface area (Å²) in [6, 6.07) is 26.2. The lowest BCUT2D eigenvalue weighted by molar-refractivity contribution is -0.139. The van der Waals surface area contributed by atoms with Crippen molar-refractivity contribution in [2.24, 2.45) is 0 Å². The first-order valence-corrected chi connectivity index (χ1v) is 12.7. The van der Waals surface area contributed by atoms with Crippen LogP contribution in [0.2, 0.25) is 0 Å². The van der Waals surface area contributed by atoms with Crippen LogP contribution >= 0.6 is 0 Å². The van der Waals surface area contributed by atoms with E-state index in [2.05, 4.69) is 5.32 Å². The Morgan fingerprint density at radius 2 is 1.48 bits per heavy atom. The number of ether oxygens (including phenoxy) is 3. The third-order valence-electron chi connectivity index (χ3n) is 6.46. The highest BCUT2D eigenvalue weighted by Gasteiger charge is 2.33. The SMILES string of the molecule is COc1ccc(NC(=O)C(c2ccc(OC)c(OC)c2)N(Cc2ccccc2F)C(=O)Cc2ccccc2)cc1. The Balaban J connectivity index is 1.80. The average molecular weight is 543 g/mol. The van der Waals surface area contributed by atoms with Crippen molar-refractivity contribution in [1.82, 2.24) is 4.90 Å². The zero-order valence-corrected chi connectivity index (χ0v) is 22.6. The van der Waals surface area contributed by atoms with E-state index in [-0.39, 0.29) is 24.4 Å². The fraction of sp³-hybridized carbons (Fsp3) is 0.188. The van der Waals surface area contributed by atoms with Crippen molar-refractivity contribution in [2.75, 3.05) is 26.6 Å². The molecule has 1 atom stereocenters. The minimum Gasteiger partial charge on any atom is -0.497 e. The molecule has 0 aliphatic carbocycles. The fourth-order valence-electron chi connectivity index (χ4n) is 4.39. The van der Waals surface area contributed by atoms with Gasteiger partial charge in [0.25, 0.3) is 5.91 Å². The van der Waals surface area contributed by atoms with Gasteiger partial charge in [-0.25, -0.2) is 4.39 Å². The topological polar surface area (TPSA) is 77.1 Å². The van der Waals surface area contributed by atoms with Crippen LogP contribution in [0.15, 0.2) is 97.1 Å². The van der Waals surface area contributed by atoms with Crippen molar-refractivity contribution in [1.29, 1.82) is 0 Å². The van der Waals surface area contributed by atoms with E-state index in [0.29, 0.717) is 28.5 Å². The van der Waals surface area contributed by atoms with Gasteiger partial charge >= 0.3 is 0 Å². The van der Waals surface area contributed by atoms with Crippen LogP contribution in [0.5, 0.6) is 17.2 Å². The van der Waals surface area contributed by atoms with E-state index in [1.807, 2.05) is 30.3 Å². The van der Waals surface area contributed by atoms with Crippen molar-refractivity contribution in [2.45, 2.75) is 19.0 Å². The Labute approximate surface area is 233 Å². The summed E-state index contributed by atoms with van der Waals surface area (Å²) < 4.78 is 30.9. The maximum absolute atomic E-state index is 14.9. The summed E-state index contributed by atoms with van der Waals surface area (Å²) in [6.07, 6.45) is 0.0227. The minimum absolute atomic E-state index is 0.0227. The molecule has 0 fully saturated rings. The Morgan fingerprint density at radius 3 is 2.12 bits per heavy atom. The molecule has 2 amide bonds. The second-order valence-corrected chi connectivity index (χ2v) is 9.01. The van der Waals surface area contributed by atoms with E-state index in [0.717, 1.165) is 5.56 Å². The number of rotatable bonds is 11. The van der Waals surface area contributed by atoms with Gasteiger partial charge in [-0.3, -0.25) is 9.59 Å². The maximum Gasteiger partial charge on any atom is 0.251 e. The molecule has 0 aliphatic rings. The van der Waals surface area contributed by atoms with Crippen LogP contribution < -0.4 is 19.5 Å². The number of carbonyl (C=O) groups is 2. The molecule has 0 saturated carbocycles. The molecule has 0 aromatic heterocycles. The molecule has 1 N–H and O–H groups in total. The Morgan fingerprint density at radius 1 is 0.800 bits per heavy atom. The average Bonchev–Trinajstić information content (AvgIpc) is 2.98. The summed E-state index contributed by atoms with van der Waals surface area (Å²) in [5, 5.41) is 2.90. The molecule has 0 spiro atoms. The predicted molar refractivity (Wildman–Crippen MR) is 151 cm³/mol. The molecule has 206 valence electrons. The Hall–Kier alpha value is -4.85. The summed E-state index contributed by atoms with van der Waals surface area (Å²) in [7, 11) is 4.56. The van der Waals surface area contributed by atoms with Crippen LogP contribution in [0.1, 0.15) is 22.7 Å². The molecular weight excluding hydrogens is 511 g/mol. The number of hydrogen-bond acceptors (Lipinski definition) is 5. The first-order chi connectivity index (χ1) is 19.4. The lowest BCUT2D eigenvalue weighted by Gasteiger charge is -2.32. The van der Waals surface area contributed by atoms with Gasteiger partial charge < -0.3 is 24.4 Å². The third kappa shape index (κ3) is 6.77. The van der Waals surface area contributed by atoms with Crippen LogP contribution in [0, 0.1) is 5.82 Å². The zero-order valence-electron chi connectivity index (χ0n) is 22.6. The summed E-state index contributed by atoms with van der Waals surface area (Å²) in [5.74, 6) is 0.199. The molecule has 4 aromatic carbocycles. The monoisotopic (exact) mass is 542 g/mol. The number of nitrogens with one attached hydrogen (secondary N) is 1. The van der Waals surface area contributed by atoms with E-state index in [4.69, 9.17) is 14.2 Å². The van der Waals surface area contributed by atoms with Gasteiger partial charge in [0.05, 0.1) is 27.8 Å². The number of hydrogen-bond donors (Lipinski definition) is 1.